The van der Waals surface area contributed by atoms with Gasteiger partial charge < -0.3 is 10.6 Å². The summed E-state index contributed by atoms with van der Waals surface area (Å²) in [7, 11) is 0. The van der Waals surface area contributed by atoms with E-state index in [2.05, 4.69) is 30.6 Å². The summed E-state index contributed by atoms with van der Waals surface area (Å²) in [5.74, 6) is 0.884. The Bertz CT molecular complexity index is 354. The zero-order chi connectivity index (χ0) is 15.1. The Morgan fingerprint density at radius 3 is 2.38 bits per heavy atom. The topological polar surface area (TPSA) is 32.5 Å². The number of likely N-dealkylation sites (tertiary alicyclic amines) is 1. The monoisotopic (exact) mass is 293 g/mol. The predicted octanol–water partition coefficient (Wildman–Crippen LogP) is 2.70. The Morgan fingerprint density at radius 2 is 1.76 bits per heavy atom. The molecule has 3 aliphatic heterocycles. The molecule has 3 fully saturated rings. The first kappa shape index (κ1) is 15.8. The molecule has 3 rings (SSSR count). The minimum atomic E-state index is 0.314. The molecule has 0 amide bonds. The van der Waals surface area contributed by atoms with Crippen LogP contribution in [-0.4, -0.2) is 54.1 Å². The molecule has 3 nitrogen and oxygen atoms in total. The summed E-state index contributed by atoms with van der Waals surface area (Å²) in [5, 5.41) is 0. The van der Waals surface area contributed by atoms with E-state index in [1.54, 1.807) is 0 Å². The summed E-state index contributed by atoms with van der Waals surface area (Å²) in [4.78, 5) is 5.50. The van der Waals surface area contributed by atoms with Gasteiger partial charge in [-0.15, -0.1) is 0 Å². The predicted molar refractivity (Wildman–Crippen MR) is 89.4 cm³/mol. The number of hydrogen-bond donors (Lipinski definition) is 1. The van der Waals surface area contributed by atoms with Crippen LogP contribution in [0.3, 0.4) is 0 Å². The lowest BCUT2D eigenvalue weighted by molar-refractivity contribution is -0.0205. The van der Waals surface area contributed by atoms with Crippen molar-refractivity contribution < 1.29 is 0 Å². The van der Waals surface area contributed by atoms with E-state index in [1.807, 2.05) is 0 Å². The molecule has 0 aromatic heterocycles. The number of nitrogens with zero attached hydrogens (tertiary/aromatic N) is 2. The summed E-state index contributed by atoms with van der Waals surface area (Å²) in [6.45, 7) is 13.2. The van der Waals surface area contributed by atoms with Gasteiger partial charge in [-0.25, -0.2) is 0 Å². The summed E-state index contributed by atoms with van der Waals surface area (Å²) < 4.78 is 0. The van der Waals surface area contributed by atoms with Crippen LogP contribution >= 0.6 is 0 Å². The molecular formula is C18H35N3. The average molecular weight is 293 g/mol. The molecule has 3 aliphatic rings. The van der Waals surface area contributed by atoms with E-state index in [4.69, 9.17) is 5.73 Å². The molecule has 0 radical (unpaired) electrons. The Morgan fingerprint density at radius 1 is 1.05 bits per heavy atom. The molecule has 122 valence electrons. The van der Waals surface area contributed by atoms with Gasteiger partial charge in [-0.05, 0) is 69.5 Å². The molecular weight excluding hydrogens is 258 g/mol. The van der Waals surface area contributed by atoms with Crippen molar-refractivity contribution in [3.05, 3.63) is 0 Å². The maximum absolute atomic E-state index is 6.31. The molecule has 0 aliphatic carbocycles. The number of fused-ring (bicyclic) bond motifs is 1. The molecule has 3 heterocycles. The van der Waals surface area contributed by atoms with Crippen molar-refractivity contribution in [2.24, 2.45) is 17.1 Å². The van der Waals surface area contributed by atoms with E-state index < -0.39 is 0 Å². The second-order valence-electron chi connectivity index (χ2n) is 8.84. The number of rotatable bonds is 2. The van der Waals surface area contributed by atoms with Crippen LogP contribution in [0.5, 0.6) is 0 Å². The van der Waals surface area contributed by atoms with E-state index in [9.17, 15) is 0 Å². The molecule has 0 aromatic rings. The van der Waals surface area contributed by atoms with Crippen molar-refractivity contribution in [2.45, 2.75) is 70.9 Å². The van der Waals surface area contributed by atoms with Crippen LogP contribution in [0.1, 0.15) is 59.3 Å². The molecule has 3 saturated heterocycles. The molecule has 2 unspecified atom stereocenters. The standard InChI is InChI=1S/C18H35N3/c1-17(2,3)15-6-10-21(11-7-15)18(14-19)8-12-20-9-4-5-16(20)13-18/h15-16H,4-14,19H2,1-3H3. The van der Waals surface area contributed by atoms with E-state index in [-0.39, 0.29) is 0 Å². The van der Waals surface area contributed by atoms with Crippen LogP contribution in [0.25, 0.3) is 0 Å². The molecule has 3 heteroatoms. The highest BCUT2D eigenvalue weighted by Crippen LogP contribution is 2.41. The van der Waals surface area contributed by atoms with Gasteiger partial charge in [-0.2, -0.15) is 0 Å². The number of nitrogens with two attached hydrogens (primary N) is 1. The summed E-state index contributed by atoms with van der Waals surface area (Å²) in [5.41, 5.74) is 7.09. The molecule has 0 spiro atoms. The van der Waals surface area contributed by atoms with Crippen molar-refractivity contribution in [3.8, 4) is 0 Å². The van der Waals surface area contributed by atoms with E-state index in [1.165, 1.54) is 64.7 Å². The van der Waals surface area contributed by atoms with Crippen molar-refractivity contribution in [2.75, 3.05) is 32.7 Å². The molecule has 0 bridgehead atoms. The van der Waals surface area contributed by atoms with Crippen LogP contribution in [0.15, 0.2) is 0 Å². The third-order valence-corrected chi connectivity index (χ3v) is 6.75. The lowest BCUT2D eigenvalue weighted by atomic mass is 9.73. The molecule has 0 saturated carbocycles. The van der Waals surface area contributed by atoms with Gasteiger partial charge in [0.05, 0.1) is 0 Å². The van der Waals surface area contributed by atoms with Crippen LogP contribution < -0.4 is 5.73 Å². The summed E-state index contributed by atoms with van der Waals surface area (Å²) >= 11 is 0. The van der Waals surface area contributed by atoms with Crippen LogP contribution in [0, 0.1) is 11.3 Å². The fraction of sp³-hybridized carbons (Fsp3) is 1.00. The fourth-order valence-corrected chi connectivity index (χ4v) is 5.13. The highest BCUT2D eigenvalue weighted by atomic mass is 15.3. The van der Waals surface area contributed by atoms with E-state index in [0.29, 0.717) is 11.0 Å². The minimum absolute atomic E-state index is 0.314. The van der Waals surface area contributed by atoms with Crippen molar-refractivity contribution in [1.29, 1.82) is 0 Å². The van der Waals surface area contributed by atoms with Gasteiger partial charge in [0.2, 0.25) is 0 Å². The van der Waals surface area contributed by atoms with Gasteiger partial charge in [0.25, 0.3) is 0 Å². The van der Waals surface area contributed by atoms with Crippen LogP contribution in [0.2, 0.25) is 0 Å². The SMILES string of the molecule is CC(C)(C)C1CCN(C2(CN)CCN3CCCC3C2)CC1. The van der Waals surface area contributed by atoms with E-state index >= 15 is 0 Å². The molecule has 2 atom stereocenters. The van der Waals surface area contributed by atoms with Gasteiger partial charge in [-0.1, -0.05) is 20.8 Å². The first-order valence-corrected chi connectivity index (χ1v) is 9.14. The van der Waals surface area contributed by atoms with Crippen molar-refractivity contribution in [1.82, 2.24) is 9.80 Å². The van der Waals surface area contributed by atoms with Gasteiger partial charge in [0.15, 0.2) is 0 Å². The van der Waals surface area contributed by atoms with Crippen LogP contribution in [0.4, 0.5) is 0 Å². The number of piperidine rings is 2. The zero-order valence-electron chi connectivity index (χ0n) is 14.4. The fourth-order valence-electron chi connectivity index (χ4n) is 5.13. The average Bonchev–Trinajstić information content (AvgIpc) is 2.93. The van der Waals surface area contributed by atoms with Gasteiger partial charge in [0.1, 0.15) is 0 Å². The van der Waals surface area contributed by atoms with E-state index in [0.717, 1.165) is 18.5 Å². The maximum atomic E-state index is 6.31. The first-order chi connectivity index (χ1) is 9.94. The lowest BCUT2D eigenvalue weighted by Crippen LogP contribution is -2.62. The van der Waals surface area contributed by atoms with Gasteiger partial charge >= 0.3 is 0 Å². The summed E-state index contributed by atoms with van der Waals surface area (Å²) in [6, 6.07) is 0.822. The zero-order valence-corrected chi connectivity index (χ0v) is 14.4. The Balaban J connectivity index is 1.65. The lowest BCUT2D eigenvalue weighted by Gasteiger charge is -2.53. The molecule has 21 heavy (non-hydrogen) atoms. The van der Waals surface area contributed by atoms with Crippen LogP contribution in [-0.2, 0) is 0 Å². The second kappa shape index (κ2) is 5.82. The minimum Gasteiger partial charge on any atom is -0.329 e. The summed E-state index contributed by atoms with van der Waals surface area (Å²) in [6.07, 6.45) is 8.14. The third kappa shape index (κ3) is 3.02. The normalized spacial score (nSPS) is 36.9. The second-order valence-corrected chi connectivity index (χ2v) is 8.84. The third-order valence-electron chi connectivity index (χ3n) is 6.75. The molecule has 0 aromatic carbocycles. The maximum Gasteiger partial charge on any atom is 0.0358 e. The largest absolute Gasteiger partial charge is 0.329 e. The Labute approximate surface area is 131 Å². The molecule has 2 N–H and O–H groups in total. The quantitative estimate of drug-likeness (QED) is 0.849. The Kier molecular flexibility index (Phi) is 4.37. The smallest absolute Gasteiger partial charge is 0.0358 e. The van der Waals surface area contributed by atoms with Crippen molar-refractivity contribution in [3.63, 3.8) is 0 Å². The van der Waals surface area contributed by atoms with Crippen molar-refractivity contribution >= 4 is 0 Å². The highest BCUT2D eigenvalue weighted by molar-refractivity contribution is 5.03. The Hall–Kier alpha value is -0.120. The van der Waals surface area contributed by atoms with Gasteiger partial charge in [-0.3, -0.25) is 4.90 Å². The number of hydrogen-bond acceptors (Lipinski definition) is 3. The van der Waals surface area contributed by atoms with Gasteiger partial charge in [0, 0.05) is 24.7 Å². The highest BCUT2D eigenvalue weighted by Gasteiger charge is 2.45. The first-order valence-electron chi connectivity index (χ1n) is 9.14.